The molecule has 4 N–H and O–H groups in total. The van der Waals surface area contributed by atoms with Crippen LogP contribution in [0.4, 0.5) is 0 Å². The zero-order chi connectivity index (χ0) is 16.4. The van der Waals surface area contributed by atoms with E-state index in [1.807, 2.05) is 20.8 Å². The fraction of sp³-hybridized carbons (Fsp3) is 0.786. The van der Waals surface area contributed by atoms with E-state index in [-0.39, 0.29) is 12.5 Å². The van der Waals surface area contributed by atoms with Gasteiger partial charge in [0, 0.05) is 0 Å². The third kappa shape index (κ3) is 7.65. The maximum Gasteiger partial charge on any atom is 0.329 e. The second kappa shape index (κ2) is 10.1. The molecule has 0 aromatic carbocycles. The van der Waals surface area contributed by atoms with E-state index in [1.54, 1.807) is 0 Å². The van der Waals surface area contributed by atoms with Gasteiger partial charge in [-0.3, -0.25) is 9.59 Å². The molecule has 0 aliphatic carbocycles. The maximum absolute atomic E-state index is 11.9. The van der Waals surface area contributed by atoms with Gasteiger partial charge in [-0.25, -0.2) is 4.79 Å². The summed E-state index contributed by atoms with van der Waals surface area (Å²) in [5.74, 6) is -2.53. The number of hydrogen-bond donors (Lipinski definition) is 3. The predicted molar refractivity (Wildman–Crippen MR) is 77.5 cm³/mol. The summed E-state index contributed by atoms with van der Waals surface area (Å²) < 4.78 is 4.96. The van der Waals surface area contributed by atoms with E-state index in [2.05, 4.69) is 5.32 Å². The van der Waals surface area contributed by atoms with Crippen LogP contribution in [0, 0.1) is 5.92 Å². The van der Waals surface area contributed by atoms with Crippen LogP contribution in [0.1, 0.15) is 46.5 Å². The van der Waals surface area contributed by atoms with Crippen molar-refractivity contribution in [3.63, 3.8) is 0 Å². The molecule has 21 heavy (non-hydrogen) atoms. The molecule has 1 amide bonds. The molecule has 0 unspecified atom stereocenters. The summed E-state index contributed by atoms with van der Waals surface area (Å²) in [5.41, 5.74) is 5.76. The van der Waals surface area contributed by atoms with Crippen molar-refractivity contribution in [3.8, 4) is 0 Å². The van der Waals surface area contributed by atoms with Gasteiger partial charge >= 0.3 is 11.9 Å². The van der Waals surface area contributed by atoms with Crippen molar-refractivity contribution in [2.75, 3.05) is 6.61 Å². The lowest BCUT2D eigenvalue weighted by molar-refractivity contribution is -0.152. The zero-order valence-electron chi connectivity index (χ0n) is 12.9. The highest BCUT2D eigenvalue weighted by Gasteiger charge is 2.28. The van der Waals surface area contributed by atoms with Crippen LogP contribution in [0.3, 0.4) is 0 Å². The number of amides is 1. The number of nitrogens with two attached hydrogens (primary N) is 1. The summed E-state index contributed by atoms with van der Waals surface area (Å²) in [6.45, 7) is 5.86. The Hall–Kier alpha value is -1.63. The van der Waals surface area contributed by atoms with Crippen LogP contribution in [0.15, 0.2) is 0 Å². The van der Waals surface area contributed by atoms with Gasteiger partial charge in [-0.05, 0) is 12.3 Å². The molecule has 0 heterocycles. The number of rotatable bonds is 10. The van der Waals surface area contributed by atoms with Crippen LogP contribution >= 0.6 is 0 Å². The molecule has 0 aromatic rings. The number of nitrogens with one attached hydrogen (secondary N) is 1. The highest BCUT2D eigenvalue weighted by Crippen LogP contribution is 2.06. The smallest absolute Gasteiger partial charge is 0.329 e. The number of carbonyl (C=O) groups is 3. The van der Waals surface area contributed by atoms with E-state index < -0.39 is 36.4 Å². The second-order valence-electron chi connectivity index (χ2n) is 5.09. The number of carbonyl (C=O) groups excluding carboxylic acids is 2. The number of ether oxygens (including phenoxy) is 1. The Morgan fingerprint density at radius 1 is 1.29 bits per heavy atom. The summed E-state index contributed by atoms with van der Waals surface area (Å²) in [6.07, 6.45) is 1.72. The summed E-state index contributed by atoms with van der Waals surface area (Å²) in [7, 11) is 0. The molecule has 0 saturated carbocycles. The first kappa shape index (κ1) is 19.4. The molecule has 122 valence electrons. The molecule has 7 nitrogen and oxygen atoms in total. The van der Waals surface area contributed by atoms with Gasteiger partial charge in [-0.15, -0.1) is 0 Å². The average molecular weight is 302 g/mol. The van der Waals surface area contributed by atoms with Crippen molar-refractivity contribution in [3.05, 3.63) is 0 Å². The van der Waals surface area contributed by atoms with Crippen molar-refractivity contribution >= 4 is 17.8 Å². The Balaban J connectivity index is 4.64. The molecule has 0 aliphatic heterocycles. The minimum atomic E-state index is -1.21. The molecule has 0 saturated heterocycles. The lowest BCUT2D eigenvalue weighted by Gasteiger charge is -2.21. The van der Waals surface area contributed by atoms with E-state index in [1.165, 1.54) is 0 Å². The molecular weight excluding hydrogens is 276 g/mol. The van der Waals surface area contributed by atoms with Crippen molar-refractivity contribution in [1.29, 1.82) is 0 Å². The first-order valence-electron chi connectivity index (χ1n) is 7.27. The number of unbranched alkanes of at least 4 members (excludes halogenated alkanes) is 1. The minimum Gasteiger partial charge on any atom is -0.481 e. The molecule has 0 rings (SSSR count). The predicted octanol–water partition coefficient (Wildman–Crippen LogP) is 0.663. The average Bonchev–Trinajstić information content (AvgIpc) is 2.44. The summed E-state index contributed by atoms with van der Waals surface area (Å²) >= 11 is 0. The van der Waals surface area contributed by atoms with E-state index in [9.17, 15) is 14.4 Å². The Kier molecular flexibility index (Phi) is 9.36. The quantitative estimate of drug-likeness (QED) is 0.403. The van der Waals surface area contributed by atoms with Crippen molar-refractivity contribution < 1.29 is 24.2 Å². The van der Waals surface area contributed by atoms with Gasteiger partial charge in [-0.1, -0.05) is 33.6 Å². The second-order valence-corrected chi connectivity index (χ2v) is 5.09. The van der Waals surface area contributed by atoms with Crippen LogP contribution in [0.5, 0.6) is 0 Å². The van der Waals surface area contributed by atoms with E-state index in [0.29, 0.717) is 12.8 Å². The van der Waals surface area contributed by atoms with Crippen molar-refractivity contribution in [2.24, 2.45) is 11.7 Å². The highest BCUT2D eigenvalue weighted by molar-refractivity contribution is 5.89. The molecule has 0 aromatic heterocycles. The Morgan fingerprint density at radius 3 is 2.38 bits per heavy atom. The number of carboxylic acids is 1. The Morgan fingerprint density at radius 2 is 1.90 bits per heavy atom. The lowest BCUT2D eigenvalue weighted by atomic mass is 9.99. The highest BCUT2D eigenvalue weighted by atomic mass is 16.5. The van der Waals surface area contributed by atoms with Crippen molar-refractivity contribution in [1.82, 2.24) is 5.32 Å². The largest absolute Gasteiger partial charge is 0.481 e. The SMILES string of the molecule is CCCCOC(=O)[C@H](CC(=O)O)NC(=O)[C@@H](N)[C@@H](C)CC. The third-order valence-electron chi connectivity index (χ3n) is 3.28. The first-order valence-corrected chi connectivity index (χ1v) is 7.27. The van der Waals surface area contributed by atoms with Crippen LogP contribution in [0.25, 0.3) is 0 Å². The molecule has 3 atom stereocenters. The van der Waals surface area contributed by atoms with Gasteiger partial charge < -0.3 is 20.9 Å². The third-order valence-corrected chi connectivity index (χ3v) is 3.28. The van der Waals surface area contributed by atoms with Crippen LogP contribution in [-0.2, 0) is 19.1 Å². The van der Waals surface area contributed by atoms with Crippen LogP contribution < -0.4 is 11.1 Å². The van der Waals surface area contributed by atoms with Gasteiger partial charge in [0.2, 0.25) is 5.91 Å². The van der Waals surface area contributed by atoms with E-state index >= 15 is 0 Å². The fourth-order valence-corrected chi connectivity index (χ4v) is 1.57. The number of carboxylic acid groups (broad SMARTS) is 1. The summed E-state index contributed by atoms with van der Waals surface area (Å²) in [5, 5.41) is 11.2. The fourth-order valence-electron chi connectivity index (χ4n) is 1.57. The number of esters is 1. The van der Waals surface area contributed by atoms with Gasteiger partial charge in [0.1, 0.15) is 6.04 Å². The van der Waals surface area contributed by atoms with E-state index in [4.69, 9.17) is 15.6 Å². The zero-order valence-corrected chi connectivity index (χ0v) is 12.9. The van der Waals surface area contributed by atoms with Gasteiger partial charge in [-0.2, -0.15) is 0 Å². The Labute approximate surface area is 125 Å². The van der Waals surface area contributed by atoms with Gasteiger partial charge in [0.15, 0.2) is 0 Å². The standard InChI is InChI=1S/C14H26N2O5/c1-4-6-7-21-14(20)10(8-11(17)18)16-13(19)12(15)9(3)5-2/h9-10,12H,4-8,15H2,1-3H3,(H,16,19)(H,17,18)/t9-,10-,12-/m0/s1. The monoisotopic (exact) mass is 302 g/mol. The molecule has 0 radical (unpaired) electrons. The first-order chi connectivity index (χ1) is 9.83. The normalized spacial score (nSPS) is 14.9. The van der Waals surface area contributed by atoms with Crippen LogP contribution in [-0.4, -0.2) is 41.6 Å². The molecule has 7 heteroatoms. The number of aliphatic carboxylic acids is 1. The number of hydrogen-bond acceptors (Lipinski definition) is 5. The topological polar surface area (TPSA) is 119 Å². The Bertz CT molecular complexity index is 359. The maximum atomic E-state index is 11.9. The lowest BCUT2D eigenvalue weighted by Crippen LogP contribution is -2.51. The van der Waals surface area contributed by atoms with Crippen LogP contribution in [0.2, 0.25) is 0 Å². The molecule has 0 fully saturated rings. The molecule has 0 bridgehead atoms. The summed E-state index contributed by atoms with van der Waals surface area (Å²) in [4.78, 5) is 34.5. The minimum absolute atomic E-state index is 0.0633. The molecular formula is C14H26N2O5. The molecule has 0 spiro atoms. The van der Waals surface area contributed by atoms with Gasteiger partial charge in [0.05, 0.1) is 19.1 Å². The van der Waals surface area contributed by atoms with E-state index in [0.717, 1.165) is 6.42 Å². The molecule has 0 aliphatic rings. The van der Waals surface area contributed by atoms with Gasteiger partial charge in [0.25, 0.3) is 0 Å². The van der Waals surface area contributed by atoms with Crippen molar-refractivity contribution in [2.45, 2.75) is 58.5 Å². The summed E-state index contributed by atoms with van der Waals surface area (Å²) in [6, 6.07) is -1.99.